The average molecular weight is 275 g/mol. The number of aliphatic hydroxyl groups excluding tert-OH is 1. The average Bonchev–Trinajstić information content (AvgIpc) is 3.08. The number of β-amino-alcohol motifs (C(OH)–C–C–N with tert-alkyl or cyclic N) is 1. The van der Waals surface area contributed by atoms with Gasteiger partial charge in [0.05, 0.1) is 11.8 Å². The lowest BCUT2D eigenvalue weighted by atomic mass is 10.3. The number of tetrazole rings is 1. The van der Waals surface area contributed by atoms with E-state index in [9.17, 15) is 5.11 Å². The van der Waals surface area contributed by atoms with Crippen molar-refractivity contribution >= 4 is 5.95 Å². The molecule has 20 heavy (non-hydrogen) atoms. The van der Waals surface area contributed by atoms with Gasteiger partial charge in [0.2, 0.25) is 0 Å². The van der Waals surface area contributed by atoms with Crippen LogP contribution in [-0.2, 0) is 4.74 Å². The molecule has 1 N–H and O–H groups in total. The van der Waals surface area contributed by atoms with E-state index < -0.39 is 6.10 Å². The number of para-hydroxylation sites is 1. The molecule has 1 saturated heterocycles. The third-order valence-corrected chi connectivity index (χ3v) is 3.35. The fourth-order valence-corrected chi connectivity index (χ4v) is 2.41. The van der Waals surface area contributed by atoms with Gasteiger partial charge in [-0.25, -0.2) is 0 Å². The number of nitrogens with zero attached hydrogens (tertiary/aromatic N) is 5. The number of aliphatic hydroxyl groups is 1. The minimum atomic E-state index is -0.518. The molecule has 2 aromatic rings. The van der Waals surface area contributed by atoms with E-state index in [4.69, 9.17) is 4.74 Å². The van der Waals surface area contributed by atoms with Crippen molar-refractivity contribution in [3.63, 3.8) is 0 Å². The molecular weight excluding hydrogens is 258 g/mol. The van der Waals surface area contributed by atoms with E-state index in [-0.39, 0.29) is 6.10 Å². The molecule has 1 aromatic carbocycles. The van der Waals surface area contributed by atoms with Gasteiger partial charge in [-0.3, -0.25) is 0 Å². The van der Waals surface area contributed by atoms with Gasteiger partial charge in [-0.2, -0.15) is 4.68 Å². The molecule has 0 aliphatic carbocycles. The van der Waals surface area contributed by atoms with Crippen LogP contribution < -0.4 is 4.90 Å². The van der Waals surface area contributed by atoms with Gasteiger partial charge in [0.25, 0.3) is 5.95 Å². The molecule has 0 amide bonds. The van der Waals surface area contributed by atoms with Gasteiger partial charge < -0.3 is 14.7 Å². The van der Waals surface area contributed by atoms with Crippen molar-refractivity contribution in [1.29, 1.82) is 0 Å². The van der Waals surface area contributed by atoms with Crippen LogP contribution in [0.2, 0.25) is 0 Å². The summed E-state index contributed by atoms with van der Waals surface area (Å²) < 4.78 is 7.19. The summed E-state index contributed by atoms with van der Waals surface area (Å²) in [4.78, 5) is 1.94. The molecule has 0 spiro atoms. The van der Waals surface area contributed by atoms with Crippen LogP contribution in [0.3, 0.4) is 0 Å². The molecule has 0 saturated carbocycles. The van der Waals surface area contributed by atoms with Gasteiger partial charge >= 0.3 is 0 Å². The maximum Gasteiger partial charge on any atom is 0.250 e. The molecule has 0 unspecified atom stereocenters. The first kappa shape index (κ1) is 13.0. The highest BCUT2D eigenvalue weighted by Gasteiger charge is 2.34. The number of hydrogen-bond donors (Lipinski definition) is 1. The zero-order chi connectivity index (χ0) is 13.9. The summed E-state index contributed by atoms with van der Waals surface area (Å²) in [5.41, 5.74) is 0.891. The third-order valence-electron chi connectivity index (χ3n) is 3.35. The van der Waals surface area contributed by atoms with Crippen molar-refractivity contribution in [1.82, 2.24) is 20.2 Å². The number of anilines is 1. The molecule has 7 nitrogen and oxygen atoms in total. The lowest BCUT2D eigenvalue weighted by molar-refractivity contribution is -0.00189. The smallest absolute Gasteiger partial charge is 0.250 e. The van der Waals surface area contributed by atoms with Crippen molar-refractivity contribution < 1.29 is 9.84 Å². The van der Waals surface area contributed by atoms with E-state index in [1.165, 1.54) is 0 Å². The quantitative estimate of drug-likeness (QED) is 0.862. The first-order chi connectivity index (χ1) is 9.79. The number of ether oxygens (including phenoxy) is 1. The Labute approximate surface area is 116 Å². The Morgan fingerprint density at radius 1 is 1.30 bits per heavy atom. The molecule has 2 atom stereocenters. The molecule has 3 rings (SSSR count). The predicted octanol–water partition coefficient (Wildman–Crippen LogP) is 0.248. The van der Waals surface area contributed by atoms with Crippen molar-refractivity contribution in [2.45, 2.75) is 19.1 Å². The number of hydrogen-bond acceptors (Lipinski definition) is 6. The lowest BCUT2D eigenvalue weighted by Crippen LogP contribution is -2.27. The fraction of sp³-hybridized carbons (Fsp3) is 0.462. The Bertz CT molecular complexity index is 559. The highest BCUT2D eigenvalue weighted by molar-refractivity contribution is 5.41. The van der Waals surface area contributed by atoms with Gasteiger partial charge in [0.15, 0.2) is 0 Å². The van der Waals surface area contributed by atoms with Crippen LogP contribution in [0.5, 0.6) is 0 Å². The Morgan fingerprint density at radius 2 is 2.10 bits per heavy atom. The Kier molecular flexibility index (Phi) is 3.62. The molecule has 1 aliphatic rings. The van der Waals surface area contributed by atoms with E-state index in [0.717, 1.165) is 5.69 Å². The van der Waals surface area contributed by atoms with Crippen LogP contribution in [0.1, 0.15) is 6.92 Å². The highest BCUT2D eigenvalue weighted by Crippen LogP contribution is 2.21. The molecule has 2 heterocycles. The summed E-state index contributed by atoms with van der Waals surface area (Å²) in [7, 11) is 0. The van der Waals surface area contributed by atoms with Crippen LogP contribution >= 0.6 is 0 Å². The molecule has 1 aliphatic heterocycles. The topological polar surface area (TPSA) is 76.3 Å². The second-order valence-electron chi connectivity index (χ2n) is 4.69. The molecule has 7 heteroatoms. The maximum absolute atomic E-state index is 10.0. The van der Waals surface area contributed by atoms with Gasteiger partial charge in [-0.15, -0.1) is 0 Å². The van der Waals surface area contributed by atoms with Crippen LogP contribution in [0.4, 0.5) is 5.95 Å². The minimum absolute atomic E-state index is 0.194. The first-order valence-electron chi connectivity index (χ1n) is 6.68. The summed E-state index contributed by atoms with van der Waals surface area (Å²) >= 11 is 0. The summed E-state index contributed by atoms with van der Waals surface area (Å²) in [5.74, 6) is 0.623. The molecule has 0 bridgehead atoms. The highest BCUT2D eigenvalue weighted by atomic mass is 16.5. The van der Waals surface area contributed by atoms with E-state index in [1.807, 2.05) is 42.2 Å². The predicted molar refractivity (Wildman–Crippen MR) is 72.8 cm³/mol. The number of rotatable bonds is 4. The summed E-state index contributed by atoms with van der Waals surface area (Å²) in [6.45, 7) is 3.56. The SMILES string of the molecule is CCO[C@@H]1CN(c2nnnn2-c2ccccc2)C[C@H]1O. The zero-order valence-corrected chi connectivity index (χ0v) is 11.3. The lowest BCUT2D eigenvalue weighted by Gasteiger charge is -2.16. The Morgan fingerprint density at radius 3 is 2.85 bits per heavy atom. The summed E-state index contributed by atoms with van der Waals surface area (Å²) in [6.07, 6.45) is -0.711. The molecular formula is C13H17N5O2. The molecule has 1 fully saturated rings. The maximum atomic E-state index is 10.0. The molecule has 106 valence electrons. The second kappa shape index (κ2) is 5.56. The van der Waals surface area contributed by atoms with E-state index in [1.54, 1.807) is 4.68 Å². The normalized spacial score (nSPS) is 22.4. The van der Waals surface area contributed by atoms with Gasteiger partial charge in [0, 0.05) is 19.7 Å². The first-order valence-corrected chi connectivity index (χ1v) is 6.68. The van der Waals surface area contributed by atoms with E-state index in [2.05, 4.69) is 15.5 Å². The van der Waals surface area contributed by atoms with Crippen LogP contribution in [-0.4, -0.2) is 57.2 Å². The number of aromatic nitrogens is 4. The number of benzene rings is 1. The standard InChI is InChI=1S/C13H17N5O2/c1-2-20-12-9-17(8-11(12)19)13-14-15-16-18(13)10-6-4-3-5-7-10/h3-7,11-12,19H,2,8-9H2,1H3/t11-,12-/m1/s1. The Balaban J connectivity index is 1.84. The van der Waals surface area contributed by atoms with Crippen LogP contribution in [0, 0.1) is 0 Å². The Hall–Kier alpha value is -1.99. The van der Waals surface area contributed by atoms with Crippen LogP contribution in [0.25, 0.3) is 5.69 Å². The minimum Gasteiger partial charge on any atom is -0.388 e. The van der Waals surface area contributed by atoms with Crippen molar-refractivity contribution in [3.05, 3.63) is 30.3 Å². The third kappa shape index (κ3) is 2.37. The summed E-state index contributed by atoms with van der Waals surface area (Å²) in [5, 5.41) is 21.8. The van der Waals surface area contributed by atoms with Gasteiger partial charge in [-0.05, 0) is 29.5 Å². The van der Waals surface area contributed by atoms with E-state index >= 15 is 0 Å². The molecule has 1 aromatic heterocycles. The largest absolute Gasteiger partial charge is 0.388 e. The monoisotopic (exact) mass is 275 g/mol. The van der Waals surface area contributed by atoms with Crippen LogP contribution in [0.15, 0.2) is 30.3 Å². The zero-order valence-electron chi connectivity index (χ0n) is 11.3. The molecule has 0 radical (unpaired) electrons. The van der Waals surface area contributed by atoms with Crippen molar-refractivity contribution in [2.75, 3.05) is 24.6 Å². The van der Waals surface area contributed by atoms with Crippen molar-refractivity contribution in [2.24, 2.45) is 0 Å². The second-order valence-corrected chi connectivity index (χ2v) is 4.69. The fourth-order valence-electron chi connectivity index (χ4n) is 2.41. The van der Waals surface area contributed by atoms with Gasteiger partial charge in [-0.1, -0.05) is 23.3 Å². The van der Waals surface area contributed by atoms with Crippen molar-refractivity contribution in [3.8, 4) is 5.69 Å². The van der Waals surface area contributed by atoms with E-state index in [0.29, 0.717) is 25.6 Å². The summed E-state index contributed by atoms with van der Waals surface area (Å²) in [6, 6.07) is 9.68. The van der Waals surface area contributed by atoms with Gasteiger partial charge in [0.1, 0.15) is 6.10 Å².